The molecule has 2 aromatic carbocycles. The minimum atomic E-state index is -0.145. The molecule has 0 unspecified atom stereocenters. The van der Waals surface area contributed by atoms with Crippen LogP contribution in [0.5, 0.6) is 0 Å². The van der Waals surface area contributed by atoms with Crippen LogP contribution in [0.25, 0.3) is 0 Å². The molecule has 138 valence electrons. The quantitative estimate of drug-likeness (QED) is 0.380. The van der Waals surface area contributed by atoms with E-state index in [0.29, 0.717) is 16.4 Å². The maximum Gasteiger partial charge on any atom is 0.221 e. The molecular formula is C18H15BrN4O2S2. The average molecular weight is 463 g/mol. The molecule has 3 aromatic rings. The van der Waals surface area contributed by atoms with Gasteiger partial charge in [-0.25, -0.2) is 0 Å². The first kappa shape index (κ1) is 19.5. The third-order valence-electron chi connectivity index (χ3n) is 3.34. The zero-order chi connectivity index (χ0) is 19.2. The van der Waals surface area contributed by atoms with Crippen molar-refractivity contribution < 1.29 is 9.59 Å². The van der Waals surface area contributed by atoms with Gasteiger partial charge >= 0.3 is 0 Å². The Morgan fingerprint density at radius 2 is 1.89 bits per heavy atom. The van der Waals surface area contributed by atoms with Crippen molar-refractivity contribution in [2.75, 3.05) is 16.4 Å². The molecule has 9 heteroatoms. The number of carbonyl (C=O) groups is 2. The van der Waals surface area contributed by atoms with Crippen molar-refractivity contribution in [1.82, 2.24) is 10.2 Å². The van der Waals surface area contributed by atoms with Crippen LogP contribution in [0.1, 0.15) is 17.3 Å². The molecule has 0 fully saturated rings. The van der Waals surface area contributed by atoms with Crippen LogP contribution in [-0.4, -0.2) is 27.6 Å². The minimum absolute atomic E-state index is 0.00826. The van der Waals surface area contributed by atoms with E-state index >= 15 is 0 Å². The standard InChI is InChI=1S/C18H15BrN4O2S2/c1-11(24)20-14-7-5-12(6-8-14)16(25)10-26-18-23-22-17(27-18)21-15-4-2-3-13(19)9-15/h2-9H,10H2,1H3,(H,20,24)(H,21,22). The van der Waals surface area contributed by atoms with E-state index < -0.39 is 0 Å². The Balaban J connectivity index is 1.54. The highest BCUT2D eigenvalue weighted by Gasteiger charge is 2.11. The van der Waals surface area contributed by atoms with Gasteiger partial charge in [-0.3, -0.25) is 9.59 Å². The molecule has 0 spiro atoms. The number of amides is 1. The van der Waals surface area contributed by atoms with Gasteiger partial charge in [0, 0.05) is 28.3 Å². The van der Waals surface area contributed by atoms with Gasteiger partial charge in [-0.15, -0.1) is 10.2 Å². The number of rotatable bonds is 7. The fraction of sp³-hybridized carbons (Fsp3) is 0.111. The Hall–Kier alpha value is -2.23. The van der Waals surface area contributed by atoms with Crippen molar-refractivity contribution in [2.24, 2.45) is 0 Å². The number of aromatic nitrogens is 2. The van der Waals surface area contributed by atoms with Crippen LogP contribution in [0, 0.1) is 0 Å². The first-order valence-corrected chi connectivity index (χ1v) is 10.5. The lowest BCUT2D eigenvalue weighted by Crippen LogP contribution is -2.06. The lowest BCUT2D eigenvalue weighted by Gasteiger charge is -2.03. The summed E-state index contributed by atoms with van der Waals surface area (Å²) < 4.78 is 1.69. The van der Waals surface area contributed by atoms with E-state index in [1.165, 1.54) is 30.0 Å². The summed E-state index contributed by atoms with van der Waals surface area (Å²) in [7, 11) is 0. The predicted octanol–water partition coefficient (Wildman–Crippen LogP) is 4.98. The highest BCUT2D eigenvalue weighted by molar-refractivity contribution is 9.10. The van der Waals surface area contributed by atoms with Crippen molar-refractivity contribution >= 4 is 67.2 Å². The summed E-state index contributed by atoms with van der Waals surface area (Å²) in [4.78, 5) is 23.3. The number of Topliss-reactive ketones (excluding diaryl/α,β-unsaturated/α-hetero) is 1. The van der Waals surface area contributed by atoms with Crippen LogP contribution in [0.2, 0.25) is 0 Å². The fourth-order valence-corrected chi connectivity index (χ4v) is 4.23. The van der Waals surface area contributed by atoms with Gasteiger partial charge in [0.1, 0.15) is 0 Å². The summed E-state index contributed by atoms with van der Waals surface area (Å²) in [6.07, 6.45) is 0. The topological polar surface area (TPSA) is 84.0 Å². The molecule has 0 aliphatic carbocycles. The van der Waals surface area contributed by atoms with Crippen LogP contribution in [-0.2, 0) is 4.79 Å². The van der Waals surface area contributed by atoms with Crippen LogP contribution < -0.4 is 10.6 Å². The maximum absolute atomic E-state index is 12.3. The number of carbonyl (C=O) groups excluding carboxylic acids is 2. The average Bonchev–Trinajstić information content (AvgIpc) is 3.07. The third kappa shape index (κ3) is 5.88. The summed E-state index contributed by atoms with van der Waals surface area (Å²) in [5.74, 6) is 0.115. The largest absolute Gasteiger partial charge is 0.330 e. The molecule has 1 heterocycles. The zero-order valence-corrected chi connectivity index (χ0v) is 17.5. The van der Waals surface area contributed by atoms with Gasteiger partial charge in [0.05, 0.1) is 5.75 Å². The number of nitrogens with one attached hydrogen (secondary N) is 2. The van der Waals surface area contributed by atoms with E-state index in [-0.39, 0.29) is 17.4 Å². The van der Waals surface area contributed by atoms with Gasteiger partial charge < -0.3 is 10.6 Å². The highest BCUT2D eigenvalue weighted by atomic mass is 79.9. The molecule has 0 aliphatic heterocycles. The van der Waals surface area contributed by atoms with Crippen molar-refractivity contribution in [2.45, 2.75) is 11.3 Å². The van der Waals surface area contributed by atoms with Crippen LogP contribution in [0.3, 0.4) is 0 Å². The Labute approximate surface area is 172 Å². The minimum Gasteiger partial charge on any atom is -0.330 e. The SMILES string of the molecule is CC(=O)Nc1ccc(C(=O)CSc2nnc(Nc3cccc(Br)c3)s2)cc1. The van der Waals surface area contributed by atoms with Crippen molar-refractivity contribution in [3.63, 3.8) is 0 Å². The van der Waals surface area contributed by atoms with Crippen LogP contribution in [0.15, 0.2) is 57.3 Å². The van der Waals surface area contributed by atoms with Gasteiger partial charge in [0.2, 0.25) is 11.0 Å². The molecule has 1 amide bonds. The van der Waals surface area contributed by atoms with Gasteiger partial charge in [-0.05, 0) is 42.5 Å². The van der Waals surface area contributed by atoms with E-state index in [0.717, 1.165) is 14.5 Å². The summed E-state index contributed by atoms with van der Waals surface area (Å²) in [5.41, 5.74) is 2.17. The Bertz CT molecular complexity index is 960. The van der Waals surface area contributed by atoms with E-state index in [9.17, 15) is 9.59 Å². The molecule has 1 aromatic heterocycles. The number of ketones is 1. The van der Waals surface area contributed by atoms with Crippen molar-refractivity contribution in [1.29, 1.82) is 0 Å². The van der Waals surface area contributed by atoms with Crippen LogP contribution in [0.4, 0.5) is 16.5 Å². The Morgan fingerprint density at radius 1 is 1.11 bits per heavy atom. The van der Waals surface area contributed by atoms with Gasteiger partial charge in [0.15, 0.2) is 10.1 Å². The normalized spacial score (nSPS) is 10.4. The number of anilines is 3. The highest BCUT2D eigenvalue weighted by Crippen LogP contribution is 2.29. The number of hydrogen-bond donors (Lipinski definition) is 2. The van der Waals surface area contributed by atoms with Crippen molar-refractivity contribution in [3.05, 3.63) is 58.6 Å². The molecule has 0 bridgehead atoms. The lowest BCUT2D eigenvalue weighted by atomic mass is 10.1. The van der Waals surface area contributed by atoms with Crippen molar-refractivity contribution in [3.8, 4) is 0 Å². The molecule has 0 aliphatic rings. The monoisotopic (exact) mass is 462 g/mol. The second-order valence-corrected chi connectivity index (χ2v) is 8.59. The molecule has 0 saturated carbocycles. The lowest BCUT2D eigenvalue weighted by molar-refractivity contribution is -0.114. The molecule has 0 radical (unpaired) electrons. The second-order valence-electron chi connectivity index (χ2n) is 5.48. The molecule has 6 nitrogen and oxygen atoms in total. The predicted molar refractivity (Wildman–Crippen MR) is 113 cm³/mol. The molecule has 3 rings (SSSR count). The molecule has 0 saturated heterocycles. The third-order valence-corrected chi connectivity index (χ3v) is 5.80. The number of hydrogen-bond acceptors (Lipinski definition) is 7. The fourth-order valence-electron chi connectivity index (χ4n) is 2.16. The van der Waals surface area contributed by atoms with Crippen LogP contribution >= 0.6 is 39.0 Å². The number of thioether (sulfide) groups is 1. The smallest absolute Gasteiger partial charge is 0.221 e. The number of nitrogens with zero attached hydrogens (tertiary/aromatic N) is 2. The number of halogens is 1. The molecular weight excluding hydrogens is 448 g/mol. The Kier molecular flexibility index (Phi) is 6.59. The molecule has 2 N–H and O–H groups in total. The van der Waals surface area contributed by atoms with E-state index in [2.05, 4.69) is 36.8 Å². The van der Waals surface area contributed by atoms with E-state index in [1.807, 2.05) is 24.3 Å². The second kappa shape index (κ2) is 9.12. The molecule has 27 heavy (non-hydrogen) atoms. The Morgan fingerprint density at radius 3 is 2.59 bits per heavy atom. The van der Waals surface area contributed by atoms with E-state index in [1.54, 1.807) is 24.3 Å². The molecule has 0 atom stereocenters. The maximum atomic E-state index is 12.3. The van der Waals surface area contributed by atoms with E-state index in [4.69, 9.17) is 0 Å². The summed E-state index contributed by atoms with van der Waals surface area (Å²) in [6.45, 7) is 1.44. The number of benzene rings is 2. The summed E-state index contributed by atoms with van der Waals surface area (Å²) in [5, 5.41) is 14.7. The first-order valence-electron chi connectivity index (χ1n) is 7.89. The van der Waals surface area contributed by atoms with Gasteiger partial charge in [-0.2, -0.15) is 0 Å². The summed E-state index contributed by atoms with van der Waals surface area (Å²) in [6, 6.07) is 14.6. The summed E-state index contributed by atoms with van der Waals surface area (Å²) >= 11 is 6.17. The zero-order valence-electron chi connectivity index (χ0n) is 14.2. The van der Waals surface area contributed by atoms with Gasteiger partial charge in [0.25, 0.3) is 0 Å². The first-order chi connectivity index (χ1) is 13.0. The van der Waals surface area contributed by atoms with Gasteiger partial charge in [-0.1, -0.05) is 45.1 Å².